The molecular formula is C10H6ClF2NS. The average molecular weight is 246 g/mol. The summed E-state index contributed by atoms with van der Waals surface area (Å²) in [6, 6.07) is 3.74. The first-order valence-corrected chi connectivity index (χ1v) is 5.58. The van der Waals surface area contributed by atoms with Crippen LogP contribution in [0.2, 0.25) is 0 Å². The summed E-state index contributed by atoms with van der Waals surface area (Å²) in [7, 11) is 0. The number of halogens is 3. The van der Waals surface area contributed by atoms with E-state index in [-0.39, 0.29) is 11.4 Å². The second kappa shape index (κ2) is 4.24. The van der Waals surface area contributed by atoms with Crippen LogP contribution in [0, 0.1) is 11.6 Å². The Kier molecular flexibility index (Phi) is 2.98. The standard InChI is InChI=1S/C10H6ClF2NS/c11-4-6-5-15-10(14-6)9-7(12)2-1-3-8(9)13/h1-3,5H,4H2. The minimum atomic E-state index is -0.606. The third-order valence-electron chi connectivity index (χ3n) is 1.87. The van der Waals surface area contributed by atoms with Crippen molar-refractivity contribution in [2.45, 2.75) is 5.88 Å². The SMILES string of the molecule is Fc1cccc(F)c1-c1nc(CCl)cs1. The lowest BCUT2D eigenvalue weighted by molar-refractivity contribution is 0.589. The van der Waals surface area contributed by atoms with Gasteiger partial charge in [0.2, 0.25) is 0 Å². The summed E-state index contributed by atoms with van der Waals surface area (Å²) in [4.78, 5) is 4.03. The van der Waals surface area contributed by atoms with Gasteiger partial charge in [0.05, 0.1) is 17.1 Å². The van der Waals surface area contributed by atoms with Crippen LogP contribution >= 0.6 is 22.9 Å². The summed E-state index contributed by atoms with van der Waals surface area (Å²) < 4.78 is 26.7. The Bertz CT molecular complexity index is 464. The molecule has 0 saturated heterocycles. The molecule has 0 atom stereocenters. The zero-order chi connectivity index (χ0) is 10.8. The Morgan fingerprint density at radius 2 is 1.93 bits per heavy atom. The fraction of sp³-hybridized carbons (Fsp3) is 0.100. The molecule has 1 nitrogen and oxygen atoms in total. The van der Waals surface area contributed by atoms with Crippen molar-refractivity contribution in [3.8, 4) is 10.6 Å². The second-order valence-corrected chi connectivity index (χ2v) is 4.00. The molecule has 0 spiro atoms. The van der Waals surface area contributed by atoms with Crippen LogP contribution in [0.15, 0.2) is 23.6 Å². The quantitative estimate of drug-likeness (QED) is 0.733. The first-order valence-electron chi connectivity index (χ1n) is 4.17. The maximum Gasteiger partial charge on any atom is 0.136 e. The molecule has 0 amide bonds. The van der Waals surface area contributed by atoms with Gasteiger partial charge in [-0.25, -0.2) is 13.8 Å². The van der Waals surface area contributed by atoms with Crippen LogP contribution < -0.4 is 0 Å². The highest BCUT2D eigenvalue weighted by atomic mass is 35.5. The minimum absolute atomic E-state index is 0.0844. The van der Waals surface area contributed by atoms with E-state index in [1.807, 2.05) is 0 Å². The van der Waals surface area contributed by atoms with Gasteiger partial charge in [0.25, 0.3) is 0 Å². The fourth-order valence-corrected chi connectivity index (χ4v) is 2.28. The predicted molar refractivity (Wildman–Crippen MR) is 57.0 cm³/mol. The normalized spacial score (nSPS) is 10.6. The summed E-state index contributed by atoms with van der Waals surface area (Å²) in [5.74, 6) is -0.969. The smallest absolute Gasteiger partial charge is 0.136 e. The molecule has 0 aliphatic carbocycles. The van der Waals surface area contributed by atoms with Crippen molar-refractivity contribution < 1.29 is 8.78 Å². The van der Waals surface area contributed by atoms with E-state index in [0.29, 0.717) is 10.7 Å². The van der Waals surface area contributed by atoms with Crippen molar-refractivity contribution >= 4 is 22.9 Å². The highest BCUT2D eigenvalue weighted by molar-refractivity contribution is 7.13. The summed E-state index contributed by atoms with van der Waals surface area (Å²) >= 11 is 6.74. The number of hydrogen-bond acceptors (Lipinski definition) is 2. The largest absolute Gasteiger partial charge is 0.240 e. The predicted octanol–water partition coefficient (Wildman–Crippen LogP) is 3.83. The highest BCUT2D eigenvalue weighted by Crippen LogP contribution is 2.29. The summed E-state index contributed by atoms with van der Waals surface area (Å²) in [5, 5.41) is 2.01. The van der Waals surface area contributed by atoms with Crippen LogP contribution in [-0.2, 0) is 5.88 Å². The first-order chi connectivity index (χ1) is 7.22. The molecule has 1 aromatic carbocycles. The number of hydrogen-bond donors (Lipinski definition) is 0. The number of nitrogens with zero attached hydrogens (tertiary/aromatic N) is 1. The van der Waals surface area contributed by atoms with Gasteiger partial charge in [0.1, 0.15) is 16.6 Å². The lowest BCUT2D eigenvalue weighted by atomic mass is 10.2. The van der Waals surface area contributed by atoms with Gasteiger partial charge in [-0.05, 0) is 12.1 Å². The second-order valence-electron chi connectivity index (χ2n) is 2.87. The average Bonchev–Trinajstić information content (AvgIpc) is 2.66. The van der Waals surface area contributed by atoms with Crippen molar-refractivity contribution in [3.63, 3.8) is 0 Å². The van der Waals surface area contributed by atoms with E-state index in [2.05, 4.69) is 4.98 Å². The van der Waals surface area contributed by atoms with Gasteiger partial charge in [-0.15, -0.1) is 22.9 Å². The third kappa shape index (κ3) is 2.01. The van der Waals surface area contributed by atoms with Gasteiger partial charge in [0, 0.05) is 5.38 Å². The van der Waals surface area contributed by atoms with Gasteiger partial charge >= 0.3 is 0 Å². The van der Waals surface area contributed by atoms with E-state index >= 15 is 0 Å². The Labute approximate surface area is 94.3 Å². The van der Waals surface area contributed by atoms with E-state index in [1.165, 1.54) is 29.5 Å². The Balaban J connectivity index is 2.53. The van der Waals surface area contributed by atoms with Gasteiger partial charge < -0.3 is 0 Å². The number of benzene rings is 1. The Hall–Kier alpha value is -1.000. The maximum absolute atomic E-state index is 13.3. The zero-order valence-corrected chi connectivity index (χ0v) is 9.08. The van der Waals surface area contributed by atoms with Crippen molar-refractivity contribution in [1.82, 2.24) is 4.98 Å². The molecule has 0 aliphatic rings. The van der Waals surface area contributed by atoms with Crippen LogP contribution in [0.4, 0.5) is 8.78 Å². The van der Waals surface area contributed by atoms with E-state index in [9.17, 15) is 8.78 Å². The minimum Gasteiger partial charge on any atom is -0.240 e. The van der Waals surface area contributed by atoms with Gasteiger partial charge in [-0.2, -0.15) is 0 Å². The molecule has 5 heteroatoms. The van der Waals surface area contributed by atoms with Gasteiger partial charge in [-0.1, -0.05) is 6.07 Å². The van der Waals surface area contributed by atoms with E-state index in [4.69, 9.17) is 11.6 Å². The highest BCUT2D eigenvalue weighted by Gasteiger charge is 2.14. The fourth-order valence-electron chi connectivity index (χ4n) is 1.19. The molecule has 0 bridgehead atoms. The molecule has 2 rings (SSSR count). The molecule has 0 unspecified atom stereocenters. The van der Waals surface area contributed by atoms with Crippen molar-refractivity contribution in [3.05, 3.63) is 40.9 Å². The first kappa shape index (κ1) is 10.5. The Morgan fingerprint density at radius 3 is 2.47 bits per heavy atom. The summed E-state index contributed by atoms with van der Waals surface area (Å²) in [6.07, 6.45) is 0. The van der Waals surface area contributed by atoms with Crippen molar-refractivity contribution in [1.29, 1.82) is 0 Å². The molecular weight excluding hydrogens is 240 g/mol. The summed E-state index contributed by atoms with van der Waals surface area (Å²) in [6.45, 7) is 0. The van der Waals surface area contributed by atoms with Crippen LogP contribution in [0.3, 0.4) is 0 Å². The topological polar surface area (TPSA) is 12.9 Å². The monoisotopic (exact) mass is 245 g/mol. The van der Waals surface area contributed by atoms with Crippen LogP contribution in [0.1, 0.15) is 5.69 Å². The van der Waals surface area contributed by atoms with Gasteiger partial charge in [-0.3, -0.25) is 0 Å². The molecule has 0 aliphatic heterocycles. The molecule has 78 valence electrons. The molecule has 0 radical (unpaired) electrons. The number of rotatable bonds is 2. The lowest BCUT2D eigenvalue weighted by Crippen LogP contribution is -1.89. The molecule has 1 heterocycles. The van der Waals surface area contributed by atoms with E-state index in [1.54, 1.807) is 5.38 Å². The Morgan fingerprint density at radius 1 is 1.27 bits per heavy atom. The van der Waals surface area contributed by atoms with E-state index in [0.717, 1.165) is 0 Å². The molecule has 0 saturated carbocycles. The number of thiazole rings is 1. The number of alkyl halides is 1. The molecule has 1 aromatic heterocycles. The van der Waals surface area contributed by atoms with Crippen LogP contribution in [-0.4, -0.2) is 4.98 Å². The van der Waals surface area contributed by atoms with Crippen molar-refractivity contribution in [2.24, 2.45) is 0 Å². The third-order valence-corrected chi connectivity index (χ3v) is 3.05. The van der Waals surface area contributed by atoms with Crippen molar-refractivity contribution in [2.75, 3.05) is 0 Å². The van der Waals surface area contributed by atoms with Crippen LogP contribution in [0.5, 0.6) is 0 Å². The number of aromatic nitrogens is 1. The zero-order valence-electron chi connectivity index (χ0n) is 7.51. The van der Waals surface area contributed by atoms with E-state index < -0.39 is 11.6 Å². The maximum atomic E-state index is 13.3. The summed E-state index contributed by atoms with van der Waals surface area (Å²) in [5.41, 5.74) is 0.540. The van der Waals surface area contributed by atoms with Crippen LogP contribution in [0.25, 0.3) is 10.6 Å². The molecule has 15 heavy (non-hydrogen) atoms. The van der Waals surface area contributed by atoms with Gasteiger partial charge in [0.15, 0.2) is 0 Å². The molecule has 0 fully saturated rings. The molecule has 0 N–H and O–H groups in total. The molecule has 2 aromatic rings. The lowest BCUT2D eigenvalue weighted by Gasteiger charge is -1.99.